The summed E-state index contributed by atoms with van der Waals surface area (Å²) in [6, 6.07) is 10.9. The van der Waals surface area contributed by atoms with Crippen LogP contribution in [0.4, 0.5) is 0 Å². The molecule has 0 N–H and O–H groups in total. The second kappa shape index (κ2) is 5.82. The Hall–Kier alpha value is -0.310. The van der Waals surface area contributed by atoms with Gasteiger partial charge >= 0.3 is 0 Å². The molecule has 0 radical (unpaired) electrons. The lowest BCUT2D eigenvalue weighted by Gasteiger charge is -2.15. The van der Waals surface area contributed by atoms with Crippen molar-refractivity contribution in [1.82, 2.24) is 0 Å². The molecule has 2 aromatic carbocycles. The highest BCUT2D eigenvalue weighted by Crippen LogP contribution is 2.38. The zero-order chi connectivity index (χ0) is 14.3. The summed E-state index contributed by atoms with van der Waals surface area (Å²) < 4.78 is 2.17. The Morgan fingerprint density at radius 1 is 1.00 bits per heavy atom. The van der Waals surface area contributed by atoms with Crippen LogP contribution in [0.2, 0.25) is 0 Å². The maximum atomic E-state index is 6.71. The largest absolute Gasteiger partial charge is 0.113 e. The van der Waals surface area contributed by atoms with Gasteiger partial charge in [-0.2, -0.15) is 0 Å². The minimum atomic E-state index is -0.118. The molecule has 0 aromatic heterocycles. The quantitative estimate of drug-likeness (QED) is 0.503. The Morgan fingerprint density at radius 3 is 2.55 bits per heavy atom. The highest BCUT2D eigenvalue weighted by Gasteiger charge is 2.18. The summed E-state index contributed by atoms with van der Waals surface area (Å²) in [5.41, 5.74) is 6.46. The highest BCUT2D eigenvalue weighted by molar-refractivity contribution is 9.11. The van der Waals surface area contributed by atoms with E-state index in [-0.39, 0.29) is 5.38 Å². The molecule has 104 valence electrons. The van der Waals surface area contributed by atoms with Crippen LogP contribution in [0.3, 0.4) is 0 Å². The van der Waals surface area contributed by atoms with Gasteiger partial charge in [0.05, 0.1) is 5.38 Å². The number of alkyl halides is 1. The maximum Gasteiger partial charge on any atom is 0.0846 e. The van der Waals surface area contributed by atoms with Crippen LogP contribution in [0.1, 0.15) is 39.6 Å². The molecule has 0 heterocycles. The molecule has 0 saturated heterocycles. The van der Waals surface area contributed by atoms with Crippen molar-refractivity contribution in [3.63, 3.8) is 0 Å². The van der Waals surface area contributed by atoms with E-state index in [0.29, 0.717) is 0 Å². The van der Waals surface area contributed by atoms with Crippen molar-refractivity contribution >= 4 is 43.5 Å². The van der Waals surface area contributed by atoms with Gasteiger partial charge in [0.15, 0.2) is 0 Å². The second-order valence-corrected chi connectivity index (χ2v) is 7.51. The molecule has 0 fully saturated rings. The first-order chi connectivity index (χ1) is 9.56. The van der Waals surface area contributed by atoms with Crippen molar-refractivity contribution in [3.8, 4) is 0 Å². The third-order valence-electron chi connectivity index (χ3n) is 3.97. The van der Waals surface area contributed by atoms with Crippen molar-refractivity contribution in [2.24, 2.45) is 0 Å². The van der Waals surface area contributed by atoms with E-state index in [1.54, 1.807) is 0 Å². The summed E-state index contributed by atoms with van der Waals surface area (Å²) in [7, 11) is 0. The van der Waals surface area contributed by atoms with E-state index >= 15 is 0 Å². The minimum Gasteiger partial charge on any atom is -0.113 e. The van der Waals surface area contributed by atoms with Crippen LogP contribution >= 0.6 is 43.5 Å². The fraction of sp³-hybridized carbons (Fsp3) is 0.294. The third kappa shape index (κ3) is 2.70. The summed E-state index contributed by atoms with van der Waals surface area (Å²) in [4.78, 5) is 0. The molecule has 0 nitrogen and oxygen atoms in total. The monoisotopic (exact) mass is 412 g/mol. The lowest BCUT2D eigenvalue weighted by atomic mass is 9.99. The molecule has 2 aromatic rings. The SMILES string of the molecule is Cc1cc(Br)c(C(Cl)c2ccc3c(c2)CCC3)cc1Br. The van der Waals surface area contributed by atoms with E-state index in [0.717, 1.165) is 14.5 Å². The number of rotatable bonds is 2. The molecular formula is C17H15Br2Cl. The highest BCUT2D eigenvalue weighted by atomic mass is 79.9. The van der Waals surface area contributed by atoms with Crippen molar-refractivity contribution in [2.45, 2.75) is 31.6 Å². The summed E-state index contributed by atoms with van der Waals surface area (Å²) >= 11 is 13.9. The zero-order valence-electron chi connectivity index (χ0n) is 11.2. The fourth-order valence-corrected chi connectivity index (χ4v) is 4.28. The molecule has 3 heteroatoms. The lowest BCUT2D eigenvalue weighted by molar-refractivity contribution is 0.911. The van der Waals surface area contributed by atoms with E-state index in [4.69, 9.17) is 11.6 Å². The van der Waals surface area contributed by atoms with Gasteiger partial charge in [0.25, 0.3) is 0 Å². The molecule has 1 unspecified atom stereocenters. The van der Waals surface area contributed by atoms with E-state index < -0.39 is 0 Å². The number of fused-ring (bicyclic) bond motifs is 1. The van der Waals surface area contributed by atoms with Crippen molar-refractivity contribution in [1.29, 1.82) is 0 Å². The molecule has 1 aliphatic carbocycles. The van der Waals surface area contributed by atoms with Crippen LogP contribution < -0.4 is 0 Å². The van der Waals surface area contributed by atoms with Gasteiger partial charge in [-0.15, -0.1) is 11.6 Å². The molecule has 3 rings (SSSR count). The van der Waals surface area contributed by atoms with E-state index in [9.17, 15) is 0 Å². The fourth-order valence-electron chi connectivity index (χ4n) is 2.78. The molecule has 0 bridgehead atoms. The van der Waals surface area contributed by atoms with Gasteiger partial charge in [0.1, 0.15) is 0 Å². The second-order valence-electron chi connectivity index (χ2n) is 5.37. The molecule has 1 atom stereocenters. The number of aryl methyl sites for hydroxylation is 3. The standard InChI is InChI=1S/C17H15Br2Cl/c1-10-7-16(19)14(9-15(10)18)17(20)13-6-5-11-3-2-4-12(11)8-13/h5-9,17H,2-4H2,1H3. The molecule has 0 amide bonds. The molecule has 0 aliphatic heterocycles. The normalized spacial score (nSPS) is 15.2. The zero-order valence-corrected chi connectivity index (χ0v) is 15.1. The Kier molecular flexibility index (Phi) is 4.26. The van der Waals surface area contributed by atoms with Gasteiger partial charge in [-0.05, 0) is 66.1 Å². The Labute approximate surface area is 141 Å². The molecule has 20 heavy (non-hydrogen) atoms. The van der Waals surface area contributed by atoms with Crippen molar-refractivity contribution in [3.05, 3.63) is 67.1 Å². The topological polar surface area (TPSA) is 0 Å². The Bertz CT molecular complexity index is 664. The van der Waals surface area contributed by atoms with Gasteiger partial charge in [0, 0.05) is 8.95 Å². The third-order valence-corrected chi connectivity index (χ3v) is 5.99. The van der Waals surface area contributed by atoms with E-state index in [2.05, 4.69) is 69.1 Å². The van der Waals surface area contributed by atoms with Crippen LogP contribution in [-0.2, 0) is 12.8 Å². The first kappa shape index (κ1) is 14.6. The molecular weight excluding hydrogens is 399 g/mol. The first-order valence-corrected chi connectivity index (χ1v) is 8.80. The van der Waals surface area contributed by atoms with Crippen LogP contribution in [-0.4, -0.2) is 0 Å². The van der Waals surface area contributed by atoms with E-state index in [1.165, 1.54) is 41.5 Å². The molecule has 1 aliphatic rings. The van der Waals surface area contributed by atoms with E-state index in [1.807, 2.05) is 0 Å². The van der Waals surface area contributed by atoms with Crippen molar-refractivity contribution < 1.29 is 0 Å². The van der Waals surface area contributed by atoms with Gasteiger partial charge in [0.2, 0.25) is 0 Å². The summed E-state index contributed by atoms with van der Waals surface area (Å²) in [5, 5.41) is -0.118. The van der Waals surface area contributed by atoms with Gasteiger partial charge in [-0.1, -0.05) is 50.1 Å². The van der Waals surface area contributed by atoms with Gasteiger partial charge in [-0.3, -0.25) is 0 Å². The molecule has 0 saturated carbocycles. The van der Waals surface area contributed by atoms with Crippen LogP contribution in [0, 0.1) is 6.92 Å². The summed E-state index contributed by atoms with van der Waals surface area (Å²) in [6.07, 6.45) is 3.67. The van der Waals surface area contributed by atoms with Crippen LogP contribution in [0.25, 0.3) is 0 Å². The minimum absolute atomic E-state index is 0.118. The average Bonchev–Trinajstić information content (AvgIpc) is 2.89. The van der Waals surface area contributed by atoms with Crippen molar-refractivity contribution in [2.75, 3.05) is 0 Å². The Morgan fingerprint density at radius 2 is 1.75 bits per heavy atom. The first-order valence-electron chi connectivity index (χ1n) is 6.77. The maximum absolute atomic E-state index is 6.71. The van der Waals surface area contributed by atoms with Gasteiger partial charge < -0.3 is 0 Å². The Balaban J connectivity index is 2.00. The van der Waals surface area contributed by atoms with Gasteiger partial charge in [-0.25, -0.2) is 0 Å². The average molecular weight is 415 g/mol. The van der Waals surface area contributed by atoms with Crippen LogP contribution in [0.5, 0.6) is 0 Å². The number of halogens is 3. The summed E-state index contributed by atoms with van der Waals surface area (Å²) in [5.74, 6) is 0. The lowest BCUT2D eigenvalue weighted by Crippen LogP contribution is -1.97. The molecule has 0 spiro atoms. The predicted octanol–water partition coefficient (Wildman–Crippen LogP) is 6.34. The summed E-state index contributed by atoms with van der Waals surface area (Å²) in [6.45, 7) is 2.08. The van der Waals surface area contributed by atoms with Crippen LogP contribution in [0.15, 0.2) is 39.3 Å². The number of benzene rings is 2. The smallest absolute Gasteiger partial charge is 0.0846 e. The predicted molar refractivity (Wildman–Crippen MR) is 92.7 cm³/mol. The number of hydrogen-bond donors (Lipinski definition) is 0. The number of hydrogen-bond acceptors (Lipinski definition) is 0.